The molecule has 1 aliphatic rings. The molecule has 1 fully saturated rings. The average molecular weight is 329 g/mol. The molecule has 2 heterocycles. The number of para-hydroxylation sites is 2. The van der Waals surface area contributed by atoms with Crippen molar-refractivity contribution in [1.29, 1.82) is 0 Å². The molecule has 8 heteroatoms. The lowest BCUT2D eigenvalue weighted by atomic mass is 10.3. The van der Waals surface area contributed by atoms with Gasteiger partial charge in [0.2, 0.25) is 11.9 Å². The molecule has 3 N–H and O–H groups in total. The summed E-state index contributed by atoms with van der Waals surface area (Å²) in [5.41, 5.74) is 6.64. The number of nitrogens with zero attached hydrogens (tertiary/aromatic N) is 5. The molecule has 0 atom stereocenters. The van der Waals surface area contributed by atoms with Crippen LogP contribution in [0.3, 0.4) is 0 Å². The summed E-state index contributed by atoms with van der Waals surface area (Å²) in [5.74, 6) is 2.03. The molecule has 0 spiro atoms. The fourth-order valence-electron chi connectivity index (χ4n) is 2.64. The van der Waals surface area contributed by atoms with E-state index in [9.17, 15) is 0 Å². The molecule has 128 valence electrons. The molecule has 1 aromatic carbocycles. The van der Waals surface area contributed by atoms with Crippen LogP contribution < -0.4 is 15.8 Å². The highest BCUT2D eigenvalue weighted by Gasteiger charge is 2.16. The number of nitrogens with two attached hydrogens (primary N) is 1. The minimum absolute atomic E-state index is 0.214. The second-order valence-electron chi connectivity index (χ2n) is 5.84. The number of piperazine rings is 1. The van der Waals surface area contributed by atoms with Gasteiger partial charge in [-0.2, -0.15) is 15.0 Å². The topological polar surface area (TPSA) is 92.4 Å². The third-order valence-corrected chi connectivity index (χ3v) is 4.01. The second-order valence-corrected chi connectivity index (χ2v) is 5.84. The summed E-state index contributed by atoms with van der Waals surface area (Å²) in [6.07, 6.45) is 0. The van der Waals surface area contributed by atoms with Gasteiger partial charge in [0.1, 0.15) is 11.6 Å². The first-order valence-corrected chi connectivity index (χ1v) is 7.95. The summed E-state index contributed by atoms with van der Waals surface area (Å²) in [4.78, 5) is 17.6. The Morgan fingerprint density at radius 3 is 2.62 bits per heavy atom. The Hall–Kier alpha value is -2.45. The molecule has 0 bridgehead atoms. The van der Waals surface area contributed by atoms with Gasteiger partial charge >= 0.3 is 0 Å². The molecule has 0 radical (unpaired) electrons. The Labute approximate surface area is 141 Å². The first kappa shape index (κ1) is 16.4. The highest BCUT2D eigenvalue weighted by atomic mass is 16.5. The number of ether oxygens (including phenoxy) is 1. The number of hydrogen-bond donors (Lipinski definition) is 2. The van der Waals surface area contributed by atoms with Gasteiger partial charge in [0, 0.05) is 26.2 Å². The number of hydrogen-bond acceptors (Lipinski definition) is 8. The van der Waals surface area contributed by atoms with E-state index in [-0.39, 0.29) is 5.95 Å². The molecule has 2 aromatic rings. The Morgan fingerprint density at radius 2 is 1.88 bits per heavy atom. The SMILES string of the molecule is COc1ccccc1Nc1nc(N)nc(CN2CCN(C)CC2)n1. The van der Waals surface area contributed by atoms with Crippen LogP contribution in [0.2, 0.25) is 0 Å². The van der Waals surface area contributed by atoms with Gasteiger partial charge in [-0.25, -0.2) is 0 Å². The summed E-state index contributed by atoms with van der Waals surface area (Å²) in [6, 6.07) is 7.60. The fraction of sp³-hybridized carbons (Fsp3) is 0.438. The lowest BCUT2D eigenvalue weighted by Crippen LogP contribution is -2.44. The molecule has 0 aliphatic carbocycles. The molecule has 8 nitrogen and oxygen atoms in total. The number of nitrogen functional groups attached to an aromatic ring is 1. The zero-order chi connectivity index (χ0) is 16.9. The van der Waals surface area contributed by atoms with E-state index < -0.39 is 0 Å². The largest absolute Gasteiger partial charge is 0.495 e. The third-order valence-electron chi connectivity index (χ3n) is 4.01. The maximum atomic E-state index is 5.85. The van der Waals surface area contributed by atoms with Crippen molar-refractivity contribution in [2.24, 2.45) is 0 Å². The normalized spacial score (nSPS) is 16.1. The van der Waals surface area contributed by atoms with Crippen LogP contribution in [0.1, 0.15) is 5.82 Å². The second kappa shape index (κ2) is 7.41. The maximum Gasteiger partial charge on any atom is 0.232 e. The number of rotatable bonds is 5. The Bertz CT molecular complexity index is 686. The minimum atomic E-state index is 0.214. The number of methoxy groups -OCH3 is 1. The highest BCUT2D eigenvalue weighted by Crippen LogP contribution is 2.25. The van der Waals surface area contributed by atoms with Crippen molar-refractivity contribution < 1.29 is 4.74 Å². The first-order chi connectivity index (χ1) is 11.6. The molecule has 1 saturated heterocycles. The molecule has 0 saturated carbocycles. The van der Waals surface area contributed by atoms with Crippen LogP contribution in [0.5, 0.6) is 5.75 Å². The van der Waals surface area contributed by atoms with Crippen LogP contribution in [-0.4, -0.2) is 65.1 Å². The smallest absolute Gasteiger partial charge is 0.232 e. The van der Waals surface area contributed by atoms with Crippen molar-refractivity contribution in [3.05, 3.63) is 30.1 Å². The Kier molecular flexibility index (Phi) is 5.07. The highest BCUT2D eigenvalue weighted by molar-refractivity contribution is 5.62. The molecule has 1 aliphatic heterocycles. The van der Waals surface area contributed by atoms with Crippen molar-refractivity contribution >= 4 is 17.6 Å². The predicted octanol–water partition coefficient (Wildman–Crippen LogP) is 0.953. The summed E-state index contributed by atoms with van der Waals surface area (Å²) in [6.45, 7) is 4.76. The average Bonchev–Trinajstić information content (AvgIpc) is 2.57. The molecule has 3 rings (SSSR count). The number of anilines is 3. The molecular formula is C16H23N7O. The fourth-order valence-corrected chi connectivity index (χ4v) is 2.64. The van der Waals surface area contributed by atoms with Crippen LogP contribution in [0.15, 0.2) is 24.3 Å². The van der Waals surface area contributed by atoms with Gasteiger partial charge in [0.25, 0.3) is 0 Å². The van der Waals surface area contributed by atoms with E-state index in [0.29, 0.717) is 18.3 Å². The van der Waals surface area contributed by atoms with Crippen LogP contribution in [0.4, 0.5) is 17.6 Å². The summed E-state index contributed by atoms with van der Waals surface area (Å²) in [5, 5.41) is 3.15. The van der Waals surface area contributed by atoms with Gasteiger partial charge in [-0.1, -0.05) is 12.1 Å². The monoisotopic (exact) mass is 329 g/mol. The third kappa shape index (κ3) is 4.09. The van der Waals surface area contributed by atoms with E-state index in [1.165, 1.54) is 0 Å². The number of likely N-dealkylation sites (N-methyl/N-ethyl adjacent to an activating group) is 1. The van der Waals surface area contributed by atoms with Crippen LogP contribution >= 0.6 is 0 Å². The summed E-state index contributed by atoms with van der Waals surface area (Å²) < 4.78 is 5.33. The van der Waals surface area contributed by atoms with Crippen LogP contribution in [0, 0.1) is 0 Å². The zero-order valence-electron chi connectivity index (χ0n) is 14.1. The summed E-state index contributed by atoms with van der Waals surface area (Å²) >= 11 is 0. The molecule has 0 unspecified atom stereocenters. The molecule has 0 amide bonds. The molecular weight excluding hydrogens is 306 g/mol. The first-order valence-electron chi connectivity index (χ1n) is 7.95. The van der Waals surface area contributed by atoms with Gasteiger partial charge in [-0.3, -0.25) is 4.90 Å². The number of aromatic nitrogens is 3. The van der Waals surface area contributed by atoms with Crippen molar-refractivity contribution in [2.75, 3.05) is 51.4 Å². The van der Waals surface area contributed by atoms with Crippen molar-refractivity contribution in [1.82, 2.24) is 24.8 Å². The van der Waals surface area contributed by atoms with E-state index in [1.807, 2.05) is 24.3 Å². The minimum Gasteiger partial charge on any atom is -0.495 e. The molecule has 24 heavy (non-hydrogen) atoms. The van der Waals surface area contributed by atoms with Crippen molar-refractivity contribution in [2.45, 2.75) is 6.54 Å². The zero-order valence-corrected chi connectivity index (χ0v) is 14.1. The van der Waals surface area contributed by atoms with E-state index in [4.69, 9.17) is 10.5 Å². The number of benzene rings is 1. The maximum absolute atomic E-state index is 5.85. The van der Waals surface area contributed by atoms with E-state index in [0.717, 1.165) is 37.6 Å². The predicted molar refractivity (Wildman–Crippen MR) is 93.3 cm³/mol. The quantitative estimate of drug-likeness (QED) is 0.838. The van der Waals surface area contributed by atoms with Gasteiger partial charge in [0.15, 0.2) is 0 Å². The molecule has 1 aromatic heterocycles. The van der Waals surface area contributed by atoms with Crippen LogP contribution in [0.25, 0.3) is 0 Å². The lowest BCUT2D eigenvalue weighted by Gasteiger charge is -2.31. The standard InChI is InChI=1S/C16H23N7O/c1-22-7-9-23(10-8-22)11-14-19-15(17)21-16(20-14)18-12-5-3-4-6-13(12)24-2/h3-6H,7-11H2,1-2H3,(H3,17,18,19,20,21). The van der Waals surface area contributed by atoms with E-state index >= 15 is 0 Å². The van der Waals surface area contributed by atoms with Gasteiger partial charge in [-0.15, -0.1) is 0 Å². The van der Waals surface area contributed by atoms with E-state index in [1.54, 1.807) is 7.11 Å². The van der Waals surface area contributed by atoms with Crippen LogP contribution in [-0.2, 0) is 6.54 Å². The van der Waals surface area contributed by atoms with Gasteiger partial charge in [0.05, 0.1) is 19.3 Å². The van der Waals surface area contributed by atoms with E-state index in [2.05, 4.69) is 37.1 Å². The van der Waals surface area contributed by atoms with Gasteiger partial charge in [-0.05, 0) is 19.2 Å². The van der Waals surface area contributed by atoms with Crippen molar-refractivity contribution in [3.63, 3.8) is 0 Å². The van der Waals surface area contributed by atoms with Gasteiger partial charge < -0.3 is 20.7 Å². The number of nitrogens with one attached hydrogen (secondary N) is 1. The summed E-state index contributed by atoms with van der Waals surface area (Å²) in [7, 11) is 3.76. The Morgan fingerprint density at radius 1 is 1.12 bits per heavy atom. The Balaban J connectivity index is 1.74. The lowest BCUT2D eigenvalue weighted by molar-refractivity contribution is 0.145. The van der Waals surface area contributed by atoms with Crippen molar-refractivity contribution in [3.8, 4) is 5.75 Å².